The highest BCUT2D eigenvalue weighted by Gasteiger charge is 2.48. The van der Waals surface area contributed by atoms with Gasteiger partial charge < -0.3 is 20.5 Å². The predicted octanol–water partition coefficient (Wildman–Crippen LogP) is 1.62. The van der Waals surface area contributed by atoms with Crippen LogP contribution in [0.15, 0.2) is 18.2 Å². The molecule has 0 aliphatic heterocycles. The maximum atomic E-state index is 12.2. The standard InChI is InChI=1S/C15H22N2O3/c1-10(17-14(18)15(9-16)6-7-15)12-5-4-11(19-2)8-13(12)20-3/h4-5,8,10H,6-7,9,16H2,1-3H3,(H,17,18). The molecule has 1 amide bonds. The quantitative estimate of drug-likeness (QED) is 0.829. The van der Waals surface area contributed by atoms with Crippen molar-refractivity contribution in [2.75, 3.05) is 20.8 Å². The van der Waals surface area contributed by atoms with Gasteiger partial charge in [0.15, 0.2) is 0 Å². The van der Waals surface area contributed by atoms with Gasteiger partial charge in [-0.25, -0.2) is 0 Å². The lowest BCUT2D eigenvalue weighted by molar-refractivity contribution is -0.126. The van der Waals surface area contributed by atoms with Crippen molar-refractivity contribution in [1.29, 1.82) is 0 Å². The minimum atomic E-state index is -0.339. The summed E-state index contributed by atoms with van der Waals surface area (Å²) in [6.45, 7) is 2.35. The van der Waals surface area contributed by atoms with Crippen LogP contribution in [0.5, 0.6) is 11.5 Å². The maximum absolute atomic E-state index is 12.2. The normalized spacial score (nSPS) is 17.2. The Kier molecular flexibility index (Phi) is 4.18. The maximum Gasteiger partial charge on any atom is 0.227 e. The Morgan fingerprint density at radius 2 is 2.10 bits per heavy atom. The molecule has 0 aromatic heterocycles. The van der Waals surface area contributed by atoms with Gasteiger partial charge in [0, 0.05) is 18.2 Å². The van der Waals surface area contributed by atoms with Crippen LogP contribution >= 0.6 is 0 Å². The molecule has 0 bridgehead atoms. The zero-order valence-corrected chi connectivity index (χ0v) is 12.2. The molecule has 1 fully saturated rings. The summed E-state index contributed by atoms with van der Waals surface area (Å²) in [7, 11) is 3.22. The summed E-state index contributed by atoms with van der Waals surface area (Å²) < 4.78 is 10.5. The Hall–Kier alpha value is -1.75. The lowest BCUT2D eigenvalue weighted by Crippen LogP contribution is -2.38. The molecule has 2 rings (SSSR count). The van der Waals surface area contributed by atoms with Crippen molar-refractivity contribution in [2.24, 2.45) is 11.1 Å². The number of hydrogen-bond acceptors (Lipinski definition) is 4. The fourth-order valence-corrected chi connectivity index (χ4v) is 2.28. The van der Waals surface area contributed by atoms with Gasteiger partial charge >= 0.3 is 0 Å². The molecule has 1 unspecified atom stereocenters. The Morgan fingerprint density at radius 1 is 1.40 bits per heavy atom. The molecule has 5 heteroatoms. The van der Waals surface area contributed by atoms with Crippen LogP contribution in [0.25, 0.3) is 0 Å². The van der Waals surface area contributed by atoms with Gasteiger partial charge in [-0.05, 0) is 31.9 Å². The third-order valence-electron chi connectivity index (χ3n) is 3.98. The van der Waals surface area contributed by atoms with Gasteiger partial charge in [-0.3, -0.25) is 4.79 Å². The van der Waals surface area contributed by atoms with Gasteiger partial charge in [0.1, 0.15) is 11.5 Å². The molecule has 1 aliphatic rings. The molecule has 1 aromatic rings. The van der Waals surface area contributed by atoms with Crippen LogP contribution in [-0.2, 0) is 4.79 Å². The molecule has 1 saturated carbocycles. The van der Waals surface area contributed by atoms with Gasteiger partial charge in [-0.2, -0.15) is 0 Å². The van der Waals surface area contributed by atoms with E-state index in [-0.39, 0.29) is 17.4 Å². The largest absolute Gasteiger partial charge is 0.497 e. The summed E-state index contributed by atoms with van der Waals surface area (Å²) in [4.78, 5) is 12.2. The lowest BCUT2D eigenvalue weighted by Gasteiger charge is -2.21. The first-order valence-corrected chi connectivity index (χ1v) is 6.79. The van der Waals surface area contributed by atoms with Crippen molar-refractivity contribution in [3.63, 3.8) is 0 Å². The summed E-state index contributed by atoms with van der Waals surface area (Å²) in [6.07, 6.45) is 1.75. The van der Waals surface area contributed by atoms with E-state index in [2.05, 4.69) is 5.32 Å². The van der Waals surface area contributed by atoms with Gasteiger partial charge in [0.25, 0.3) is 0 Å². The van der Waals surface area contributed by atoms with E-state index in [4.69, 9.17) is 15.2 Å². The highest BCUT2D eigenvalue weighted by atomic mass is 16.5. The number of nitrogens with one attached hydrogen (secondary N) is 1. The van der Waals surface area contributed by atoms with Crippen molar-refractivity contribution in [1.82, 2.24) is 5.32 Å². The molecular weight excluding hydrogens is 256 g/mol. The predicted molar refractivity (Wildman–Crippen MR) is 76.8 cm³/mol. The Morgan fingerprint density at radius 3 is 2.60 bits per heavy atom. The summed E-state index contributed by atoms with van der Waals surface area (Å²) in [5, 5.41) is 3.02. The Labute approximate surface area is 119 Å². The number of carbonyl (C=O) groups is 1. The van der Waals surface area contributed by atoms with Gasteiger partial charge in [-0.1, -0.05) is 0 Å². The van der Waals surface area contributed by atoms with E-state index in [1.165, 1.54) is 0 Å². The van der Waals surface area contributed by atoms with E-state index in [9.17, 15) is 4.79 Å². The van der Waals surface area contributed by atoms with Crippen LogP contribution in [0.1, 0.15) is 31.4 Å². The second kappa shape index (κ2) is 5.71. The number of nitrogens with two attached hydrogens (primary N) is 1. The van der Waals surface area contributed by atoms with Crippen molar-refractivity contribution in [2.45, 2.75) is 25.8 Å². The van der Waals surface area contributed by atoms with Gasteiger partial charge in [0.2, 0.25) is 5.91 Å². The molecule has 110 valence electrons. The zero-order chi connectivity index (χ0) is 14.8. The smallest absolute Gasteiger partial charge is 0.227 e. The zero-order valence-electron chi connectivity index (χ0n) is 12.2. The van der Waals surface area contributed by atoms with E-state index in [1.54, 1.807) is 14.2 Å². The van der Waals surface area contributed by atoms with Crippen molar-refractivity contribution >= 4 is 5.91 Å². The van der Waals surface area contributed by atoms with Crippen LogP contribution in [-0.4, -0.2) is 26.7 Å². The van der Waals surface area contributed by atoms with Crippen molar-refractivity contribution in [3.8, 4) is 11.5 Å². The summed E-state index contributed by atoms with van der Waals surface area (Å²) in [5.41, 5.74) is 6.26. The first kappa shape index (κ1) is 14.7. The lowest BCUT2D eigenvalue weighted by atomic mass is 10.0. The first-order chi connectivity index (χ1) is 9.56. The molecule has 0 saturated heterocycles. The van der Waals surface area contributed by atoms with E-state index in [1.807, 2.05) is 25.1 Å². The molecule has 5 nitrogen and oxygen atoms in total. The van der Waals surface area contributed by atoms with Crippen LogP contribution in [0.2, 0.25) is 0 Å². The van der Waals surface area contributed by atoms with Gasteiger partial charge in [0.05, 0.1) is 25.7 Å². The topological polar surface area (TPSA) is 73.6 Å². The molecular formula is C15H22N2O3. The number of benzene rings is 1. The number of amides is 1. The number of carbonyl (C=O) groups excluding carboxylic acids is 1. The fraction of sp³-hybridized carbons (Fsp3) is 0.533. The minimum Gasteiger partial charge on any atom is -0.497 e. The van der Waals surface area contributed by atoms with Crippen molar-refractivity contribution in [3.05, 3.63) is 23.8 Å². The molecule has 20 heavy (non-hydrogen) atoms. The number of methoxy groups -OCH3 is 2. The second-order valence-corrected chi connectivity index (χ2v) is 5.29. The highest BCUT2D eigenvalue weighted by molar-refractivity contribution is 5.86. The van der Waals surface area contributed by atoms with E-state index in [0.29, 0.717) is 12.3 Å². The number of ether oxygens (including phenoxy) is 2. The molecule has 0 spiro atoms. The Balaban J connectivity index is 2.12. The van der Waals surface area contributed by atoms with Crippen LogP contribution in [0.4, 0.5) is 0 Å². The molecule has 3 N–H and O–H groups in total. The number of hydrogen-bond donors (Lipinski definition) is 2. The van der Waals surface area contributed by atoms with Gasteiger partial charge in [-0.15, -0.1) is 0 Å². The third kappa shape index (κ3) is 2.72. The SMILES string of the molecule is COc1ccc(C(C)NC(=O)C2(CN)CC2)c(OC)c1. The number of rotatable bonds is 6. The minimum absolute atomic E-state index is 0.0328. The third-order valence-corrected chi connectivity index (χ3v) is 3.98. The average molecular weight is 278 g/mol. The monoisotopic (exact) mass is 278 g/mol. The van der Waals surface area contributed by atoms with E-state index >= 15 is 0 Å². The highest BCUT2D eigenvalue weighted by Crippen LogP contribution is 2.45. The van der Waals surface area contributed by atoms with E-state index < -0.39 is 0 Å². The summed E-state index contributed by atoms with van der Waals surface area (Å²) >= 11 is 0. The molecule has 1 aromatic carbocycles. The second-order valence-electron chi connectivity index (χ2n) is 5.29. The average Bonchev–Trinajstić information content (AvgIpc) is 3.27. The fourth-order valence-electron chi connectivity index (χ4n) is 2.28. The van der Waals surface area contributed by atoms with Crippen LogP contribution in [0, 0.1) is 5.41 Å². The molecule has 0 heterocycles. The molecule has 1 atom stereocenters. The Bertz CT molecular complexity index is 498. The first-order valence-electron chi connectivity index (χ1n) is 6.79. The van der Waals surface area contributed by atoms with Crippen molar-refractivity contribution < 1.29 is 14.3 Å². The van der Waals surface area contributed by atoms with E-state index in [0.717, 1.165) is 24.2 Å². The summed E-state index contributed by atoms with van der Waals surface area (Å²) in [6, 6.07) is 5.45. The molecule has 0 radical (unpaired) electrons. The summed E-state index contributed by atoms with van der Waals surface area (Å²) in [5.74, 6) is 1.46. The molecule has 1 aliphatic carbocycles. The van der Waals surface area contributed by atoms with Crippen LogP contribution < -0.4 is 20.5 Å². The van der Waals surface area contributed by atoms with Crippen LogP contribution in [0.3, 0.4) is 0 Å².